The fraction of sp³-hybridized carbons (Fsp3) is 0.0625. The van der Waals surface area contributed by atoms with Crippen molar-refractivity contribution in [3.8, 4) is 5.88 Å². The first-order chi connectivity index (χ1) is 10.7. The highest BCUT2D eigenvalue weighted by molar-refractivity contribution is 5.95. The number of aryl methyl sites for hydroxylation is 1. The molecule has 2 N–H and O–H groups in total. The molecule has 0 aliphatic rings. The first-order valence-electron chi connectivity index (χ1n) is 6.71. The highest BCUT2D eigenvalue weighted by atomic mass is 16.3. The van der Waals surface area contributed by atoms with Gasteiger partial charge in [-0.15, -0.1) is 5.11 Å². The lowest BCUT2D eigenvalue weighted by molar-refractivity contribution is 0.258. The molecule has 3 aromatic rings. The number of carbonyl (C=O) groups excluding carboxylic acids is 1. The second-order valence-electron chi connectivity index (χ2n) is 4.74. The number of fused-ring (bicyclic) bond motifs is 1. The molecule has 0 atom stereocenters. The zero-order valence-electron chi connectivity index (χ0n) is 11.9. The molecule has 6 heteroatoms. The highest BCUT2D eigenvalue weighted by Crippen LogP contribution is 2.37. The fourth-order valence-electron chi connectivity index (χ4n) is 2.22. The van der Waals surface area contributed by atoms with Crippen molar-refractivity contribution in [1.29, 1.82) is 0 Å². The van der Waals surface area contributed by atoms with Crippen LogP contribution < -0.4 is 5.32 Å². The van der Waals surface area contributed by atoms with Crippen LogP contribution in [0, 0.1) is 0 Å². The Hall–Kier alpha value is -3.15. The second kappa shape index (κ2) is 5.69. The number of amides is 2. The van der Waals surface area contributed by atoms with Gasteiger partial charge in [0.15, 0.2) is 5.69 Å². The van der Waals surface area contributed by atoms with Gasteiger partial charge in [0.05, 0.1) is 5.52 Å². The molecule has 0 spiro atoms. The Kier molecular flexibility index (Phi) is 3.57. The van der Waals surface area contributed by atoms with Gasteiger partial charge in [-0.25, -0.2) is 4.79 Å². The number of anilines is 1. The number of urea groups is 1. The molecule has 22 heavy (non-hydrogen) atoms. The van der Waals surface area contributed by atoms with E-state index in [1.54, 1.807) is 23.7 Å². The number of para-hydroxylation sites is 2. The van der Waals surface area contributed by atoms with Crippen molar-refractivity contribution in [1.82, 2.24) is 4.57 Å². The number of azo groups is 1. The summed E-state index contributed by atoms with van der Waals surface area (Å²) >= 11 is 0. The Labute approximate surface area is 126 Å². The van der Waals surface area contributed by atoms with Crippen LogP contribution in [-0.2, 0) is 7.05 Å². The van der Waals surface area contributed by atoms with Crippen molar-refractivity contribution in [2.45, 2.75) is 0 Å². The molecule has 0 saturated carbocycles. The number of hydrogen-bond donors (Lipinski definition) is 2. The van der Waals surface area contributed by atoms with E-state index >= 15 is 0 Å². The molecule has 0 bridgehead atoms. The van der Waals surface area contributed by atoms with Crippen molar-refractivity contribution in [3.05, 3.63) is 54.6 Å². The van der Waals surface area contributed by atoms with Crippen LogP contribution in [-0.4, -0.2) is 15.7 Å². The molecule has 0 aliphatic carbocycles. The molecule has 0 aliphatic heterocycles. The minimum atomic E-state index is -0.599. The summed E-state index contributed by atoms with van der Waals surface area (Å²) in [5, 5.41) is 20.9. The van der Waals surface area contributed by atoms with Crippen molar-refractivity contribution in [2.24, 2.45) is 17.3 Å². The monoisotopic (exact) mass is 294 g/mol. The summed E-state index contributed by atoms with van der Waals surface area (Å²) < 4.78 is 1.60. The Bertz CT molecular complexity index is 853. The Morgan fingerprint density at radius 1 is 1.09 bits per heavy atom. The maximum Gasteiger partial charge on any atom is 0.364 e. The van der Waals surface area contributed by atoms with Gasteiger partial charge in [0, 0.05) is 18.1 Å². The van der Waals surface area contributed by atoms with Crippen molar-refractivity contribution < 1.29 is 9.90 Å². The highest BCUT2D eigenvalue weighted by Gasteiger charge is 2.13. The van der Waals surface area contributed by atoms with E-state index in [0.717, 1.165) is 10.9 Å². The first-order valence-corrected chi connectivity index (χ1v) is 6.71. The van der Waals surface area contributed by atoms with Crippen molar-refractivity contribution >= 4 is 28.3 Å². The van der Waals surface area contributed by atoms with Gasteiger partial charge in [0.25, 0.3) is 0 Å². The summed E-state index contributed by atoms with van der Waals surface area (Å²) in [6, 6.07) is 15.8. The topological polar surface area (TPSA) is 79.0 Å². The standard InChI is InChI=1S/C16H14N4O2/c1-20-13-10-6-5-9-12(13)14(15(20)21)18-19-16(22)17-11-7-3-2-4-8-11/h2-10,21H,1H3,(H,17,22). The normalized spacial score (nSPS) is 11.1. The van der Waals surface area contributed by atoms with Gasteiger partial charge in [-0.05, 0) is 18.2 Å². The van der Waals surface area contributed by atoms with E-state index in [2.05, 4.69) is 15.5 Å². The number of aromatic hydroxyl groups is 1. The first kappa shape index (κ1) is 13.8. The number of carbonyl (C=O) groups is 1. The van der Waals surface area contributed by atoms with E-state index in [1.165, 1.54) is 0 Å². The van der Waals surface area contributed by atoms with Crippen LogP contribution in [0.1, 0.15) is 0 Å². The third-order valence-electron chi connectivity index (χ3n) is 3.32. The maximum atomic E-state index is 11.8. The fourth-order valence-corrected chi connectivity index (χ4v) is 2.22. The lowest BCUT2D eigenvalue weighted by Crippen LogP contribution is -2.04. The molecule has 0 unspecified atom stereocenters. The van der Waals surface area contributed by atoms with Gasteiger partial charge >= 0.3 is 6.03 Å². The zero-order valence-corrected chi connectivity index (χ0v) is 11.9. The van der Waals surface area contributed by atoms with E-state index in [4.69, 9.17) is 0 Å². The second-order valence-corrected chi connectivity index (χ2v) is 4.74. The van der Waals surface area contributed by atoms with E-state index < -0.39 is 6.03 Å². The lowest BCUT2D eigenvalue weighted by atomic mass is 10.2. The van der Waals surface area contributed by atoms with E-state index in [9.17, 15) is 9.90 Å². The average molecular weight is 294 g/mol. The SMILES string of the molecule is Cn1c(O)c(N=NC(=O)Nc2ccccc2)c2ccccc21. The average Bonchev–Trinajstić information content (AvgIpc) is 2.78. The van der Waals surface area contributed by atoms with E-state index in [-0.39, 0.29) is 11.6 Å². The molecule has 110 valence electrons. The predicted molar refractivity (Wildman–Crippen MR) is 84.6 cm³/mol. The smallest absolute Gasteiger partial charge is 0.364 e. The van der Waals surface area contributed by atoms with Crippen LogP contribution in [0.3, 0.4) is 0 Å². The summed E-state index contributed by atoms with van der Waals surface area (Å²) in [6.07, 6.45) is 0. The minimum Gasteiger partial charge on any atom is -0.493 e. The van der Waals surface area contributed by atoms with Gasteiger partial charge in [0.1, 0.15) is 0 Å². The predicted octanol–water partition coefficient (Wildman–Crippen LogP) is 4.20. The van der Waals surface area contributed by atoms with Crippen LogP contribution in [0.15, 0.2) is 64.8 Å². The number of nitrogens with zero attached hydrogens (tertiary/aromatic N) is 3. The zero-order chi connectivity index (χ0) is 15.5. The van der Waals surface area contributed by atoms with Crippen molar-refractivity contribution in [2.75, 3.05) is 5.32 Å². The van der Waals surface area contributed by atoms with Gasteiger partial charge in [-0.3, -0.25) is 0 Å². The molecule has 6 nitrogen and oxygen atoms in total. The number of hydrogen-bond acceptors (Lipinski definition) is 3. The van der Waals surface area contributed by atoms with Crippen LogP contribution in [0.4, 0.5) is 16.2 Å². The summed E-state index contributed by atoms with van der Waals surface area (Å²) in [7, 11) is 1.72. The van der Waals surface area contributed by atoms with Crippen molar-refractivity contribution in [3.63, 3.8) is 0 Å². The number of benzene rings is 2. The molecule has 0 saturated heterocycles. The maximum absolute atomic E-state index is 11.8. The Balaban J connectivity index is 1.87. The largest absolute Gasteiger partial charge is 0.493 e. The quantitative estimate of drug-likeness (QED) is 0.695. The molecule has 3 rings (SSSR count). The van der Waals surface area contributed by atoms with Gasteiger partial charge < -0.3 is 15.0 Å². The Morgan fingerprint density at radius 3 is 2.55 bits per heavy atom. The summed E-state index contributed by atoms with van der Waals surface area (Å²) in [5.74, 6) is -0.0301. The molecule has 0 fully saturated rings. The molecular formula is C16H14N4O2. The van der Waals surface area contributed by atoms with Gasteiger partial charge in [0.2, 0.25) is 5.88 Å². The molecule has 1 heterocycles. The van der Waals surface area contributed by atoms with E-state index in [0.29, 0.717) is 5.69 Å². The van der Waals surface area contributed by atoms with Gasteiger partial charge in [-0.2, -0.15) is 0 Å². The molecular weight excluding hydrogens is 280 g/mol. The molecule has 2 aromatic carbocycles. The van der Waals surface area contributed by atoms with Crippen LogP contribution >= 0.6 is 0 Å². The van der Waals surface area contributed by atoms with Crippen LogP contribution in [0.2, 0.25) is 0 Å². The number of aromatic nitrogens is 1. The third-order valence-corrected chi connectivity index (χ3v) is 3.32. The third kappa shape index (κ3) is 2.54. The van der Waals surface area contributed by atoms with Crippen LogP contribution in [0.25, 0.3) is 10.9 Å². The number of rotatable bonds is 2. The number of nitrogens with one attached hydrogen (secondary N) is 1. The molecule has 0 radical (unpaired) electrons. The molecule has 2 amide bonds. The minimum absolute atomic E-state index is 0.0301. The van der Waals surface area contributed by atoms with Crippen LogP contribution in [0.5, 0.6) is 5.88 Å². The summed E-state index contributed by atoms with van der Waals surface area (Å²) in [6.45, 7) is 0. The van der Waals surface area contributed by atoms with E-state index in [1.807, 2.05) is 42.5 Å². The van der Waals surface area contributed by atoms with Gasteiger partial charge in [-0.1, -0.05) is 41.5 Å². The summed E-state index contributed by atoms with van der Waals surface area (Å²) in [5.41, 5.74) is 1.73. The summed E-state index contributed by atoms with van der Waals surface area (Å²) in [4.78, 5) is 11.8. The molecule has 1 aromatic heterocycles. The lowest BCUT2D eigenvalue weighted by Gasteiger charge is -1.99. The Morgan fingerprint density at radius 2 is 1.77 bits per heavy atom.